The largest absolute Gasteiger partial charge is 0.371 e. The number of ether oxygens (including phenoxy) is 3. The molecule has 4 bridgehead atoms. The van der Waals surface area contributed by atoms with E-state index in [4.69, 9.17) is 14.2 Å². The van der Waals surface area contributed by atoms with Crippen molar-refractivity contribution in [2.45, 2.75) is 86.9 Å². The highest BCUT2D eigenvalue weighted by atomic mass is 79.9. The zero-order valence-electron chi connectivity index (χ0n) is 12.1. The SMILES string of the molecule is CC1(C)O[C@]2(C)[C@H](C[C@@H]1Br)O[C@]1(C)C[C@H]3O[C@@H]1C[C@H]32. The van der Waals surface area contributed by atoms with Crippen LogP contribution in [0.25, 0.3) is 0 Å². The molecule has 19 heavy (non-hydrogen) atoms. The van der Waals surface area contributed by atoms with Crippen LogP contribution < -0.4 is 0 Å². The van der Waals surface area contributed by atoms with Gasteiger partial charge in [0.15, 0.2) is 0 Å². The Kier molecular flexibility index (Phi) is 2.45. The summed E-state index contributed by atoms with van der Waals surface area (Å²) >= 11 is 3.79. The van der Waals surface area contributed by atoms with Gasteiger partial charge in [0, 0.05) is 17.2 Å². The Hall–Kier alpha value is 0.360. The van der Waals surface area contributed by atoms with Crippen molar-refractivity contribution in [3.05, 3.63) is 0 Å². The van der Waals surface area contributed by atoms with Crippen molar-refractivity contribution in [2.75, 3.05) is 0 Å². The summed E-state index contributed by atoms with van der Waals surface area (Å²) in [7, 11) is 0. The first-order valence-corrected chi connectivity index (χ1v) is 8.34. The van der Waals surface area contributed by atoms with Crippen LogP contribution in [0.1, 0.15) is 47.0 Å². The second kappa shape index (κ2) is 3.57. The summed E-state index contributed by atoms with van der Waals surface area (Å²) in [6.45, 7) is 8.83. The molecule has 5 fully saturated rings. The molecule has 5 aliphatic rings. The minimum Gasteiger partial charge on any atom is -0.371 e. The van der Waals surface area contributed by atoms with Crippen LogP contribution in [0.3, 0.4) is 0 Å². The maximum Gasteiger partial charge on any atom is 0.0977 e. The van der Waals surface area contributed by atoms with E-state index in [9.17, 15) is 0 Å². The summed E-state index contributed by atoms with van der Waals surface area (Å²) in [5, 5.41) is 0. The molecule has 0 N–H and O–H groups in total. The molecule has 0 saturated carbocycles. The highest BCUT2D eigenvalue weighted by Gasteiger charge is 2.68. The van der Waals surface area contributed by atoms with E-state index in [0.717, 1.165) is 19.3 Å². The Morgan fingerprint density at radius 1 is 1.05 bits per heavy atom. The van der Waals surface area contributed by atoms with Crippen molar-refractivity contribution in [3.8, 4) is 0 Å². The molecule has 0 radical (unpaired) electrons. The molecule has 0 aromatic carbocycles. The summed E-state index contributed by atoms with van der Waals surface area (Å²) in [6.07, 6.45) is 3.93. The fourth-order valence-electron chi connectivity index (χ4n) is 4.79. The lowest BCUT2D eigenvalue weighted by Crippen LogP contribution is -2.61. The van der Waals surface area contributed by atoms with Gasteiger partial charge in [-0.25, -0.2) is 0 Å². The Bertz CT molecular complexity index is 426. The Balaban J connectivity index is 1.76. The summed E-state index contributed by atoms with van der Waals surface area (Å²) in [4.78, 5) is 0.344. The van der Waals surface area contributed by atoms with Crippen LogP contribution in [0.4, 0.5) is 0 Å². The molecule has 0 aliphatic carbocycles. The van der Waals surface area contributed by atoms with E-state index in [2.05, 4.69) is 43.6 Å². The smallest absolute Gasteiger partial charge is 0.0977 e. The van der Waals surface area contributed by atoms with Crippen molar-refractivity contribution in [3.63, 3.8) is 0 Å². The minimum absolute atomic E-state index is 0.0961. The van der Waals surface area contributed by atoms with Gasteiger partial charge in [0.25, 0.3) is 0 Å². The fourth-order valence-corrected chi connectivity index (χ4v) is 5.23. The summed E-state index contributed by atoms with van der Waals surface area (Å²) in [5.41, 5.74) is -0.453. The highest BCUT2D eigenvalue weighted by molar-refractivity contribution is 9.09. The molecular weight excluding hydrogens is 308 g/mol. The molecule has 0 aromatic rings. The van der Waals surface area contributed by atoms with Crippen LogP contribution in [-0.4, -0.2) is 39.9 Å². The number of alkyl halides is 1. The third-order valence-electron chi connectivity index (χ3n) is 5.99. The molecule has 5 aliphatic heterocycles. The van der Waals surface area contributed by atoms with Gasteiger partial charge in [-0.3, -0.25) is 0 Å². The van der Waals surface area contributed by atoms with Gasteiger partial charge >= 0.3 is 0 Å². The van der Waals surface area contributed by atoms with Gasteiger partial charge in [-0.2, -0.15) is 0 Å². The van der Waals surface area contributed by atoms with E-state index in [0.29, 0.717) is 16.8 Å². The van der Waals surface area contributed by atoms with Crippen LogP contribution in [0.2, 0.25) is 0 Å². The van der Waals surface area contributed by atoms with Crippen LogP contribution in [0.5, 0.6) is 0 Å². The molecule has 3 nitrogen and oxygen atoms in total. The van der Waals surface area contributed by atoms with Gasteiger partial charge in [-0.1, -0.05) is 15.9 Å². The van der Waals surface area contributed by atoms with Crippen LogP contribution >= 0.6 is 15.9 Å². The highest BCUT2D eigenvalue weighted by Crippen LogP contribution is 2.59. The molecule has 5 saturated heterocycles. The standard InChI is InChI=1S/C15H23BrO3/c1-13(2)10(16)6-12-15(4,19-13)8-5-11-14(3,18-12)7-9(8)17-11/h8-12H,5-7H2,1-4H3/t8-,9-,10+,11-,12+,14-,15+/m1/s1. The normalized spacial score (nSPS) is 62.1. The van der Waals surface area contributed by atoms with Crippen molar-refractivity contribution >= 4 is 15.9 Å². The van der Waals surface area contributed by atoms with E-state index in [-0.39, 0.29) is 29.0 Å². The van der Waals surface area contributed by atoms with Crippen molar-refractivity contribution in [1.29, 1.82) is 0 Å². The van der Waals surface area contributed by atoms with Gasteiger partial charge in [0.1, 0.15) is 0 Å². The van der Waals surface area contributed by atoms with Crippen molar-refractivity contribution < 1.29 is 14.2 Å². The molecule has 5 rings (SSSR count). The van der Waals surface area contributed by atoms with Crippen molar-refractivity contribution in [1.82, 2.24) is 0 Å². The van der Waals surface area contributed by atoms with Gasteiger partial charge in [0.05, 0.1) is 35.1 Å². The summed E-state index contributed by atoms with van der Waals surface area (Å²) < 4.78 is 19.2. The van der Waals surface area contributed by atoms with E-state index in [1.54, 1.807) is 0 Å². The van der Waals surface area contributed by atoms with E-state index in [1.165, 1.54) is 0 Å². The lowest BCUT2D eigenvalue weighted by Gasteiger charge is -2.52. The molecule has 0 unspecified atom stereocenters. The third kappa shape index (κ3) is 1.55. The molecule has 5 heterocycles. The van der Waals surface area contributed by atoms with Gasteiger partial charge < -0.3 is 14.2 Å². The van der Waals surface area contributed by atoms with Crippen LogP contribution in [0, 0.1) is 5.92 Å². The van der Waals surface area contributed by atoms with E-state index < -0.39 is 0 Å². The van der Waals surface area contributed by atoms with Gasteiger partial charge in [-0.05, 0) is 40.5 Å². The van der Waals surface area contributed by atoms with E-state index in [1.807, 2.05) is 0 Å². The first-order valence-electron chi connectivity index (χ1n) is 7.42. The summed E-state index contributed by atoms with van der Waals surface area (Å²) in [6, 6.07) is 0. The average molecular weight is 331 g/mol. The van der Waals surface area contributed by atoms with E-state index >= 15 is 0 Å². The van der Waals surface area contributed by atoms with Gasteiger partial charge in [0.2, 0.25) is 0 Å². The maximum absolute atomic E-state index is 6.58. The maximum atomic E-state index is 6.58. The predicted octanol–water partition coefficient (Wildman–Crippen LogP) is 3.04. The molecule has 0 aromatic heterocycles. The lowest BCUT2D eigenvalue weighted by atomic mass is 9.71. The summed E-state index contributed by atoms with van der Waals surface area (Å²) in [5.74, 6) is 0.484. The molecule has 108 valence electrons. The Labute approximate surface area is 123 Å². The molecule has 0 amide bonds. The average Bonchev–Trinajstić information content (AvgIpc) is 2.78. The van der Waals surface area contributed by atoms with Crippen LogP contribution in [0.15, 0.2) is 0 Å². The first-order chi connectivity index (χ1) is 8.75. The molecule has 0 spiro atoms. The zero-order chi connectivity index (χ0) is 13.6. The Morgan fingerprint density at radius 3 is 2.42 bits per heavy atom. The topological polar surface area (TPSA) is 27.7 Å². The third-order valence-corrected chi connectivity index (χ3v) is 7.47. The van der Waals surface area contributed by atoms with Crippen LogP contribution in [-0.2, 0) is 14.2 Å². The molecular formula is C15H23BrO3. The lowest BCUT2D eigenvalue weighted by molar-refractivity contribution is -0.259. The number of hydrogen-bond acceptors (Lipinski definition) is 3. The predicted molar refractivity (Wildman–Crippen MR) is 75.6 cm³/mol. The second-order valence-corrected chi connectivity index (χ2v) is 8.83. The number of hydrogen-bond donors (Lipinski definition) is 0. The van der Waals surface area contributed by atoms with Gasteiger partial charge in [-0.15, -0.1) is 0 Å². The second-order valence-electron chi connectivity index (χ2n) is 7.72. The Morgan fingerprint density at radius 2 is 1.79 bits per heavy atom. The monoisotopic (exact) mass is 330 g/mol. The number of halogens is 1. The van der Waals surface area contributed by atoms with Crippen molar-refractivity contribution in [2.24, 2.45) is 5.92 Å². The first kappa shape index (κ1) is 13.1. The quantitative estimate of drug-likeness (QED) is 0.639. The zero-order valence-corrected chi connectivity index (χ0v) is 13.7. The fraction of sp³-hybridized carbons (Fsp3) is 1.00. The molecule has 4 heteroatoms. The minimum atomic E-state index is -0.207. The number of rotatable bonds is 0. The molecule has 7 atom stereocenters.